The summed E-state index contributed by atoms with van der Waals surface area (Å²) < 4.78 is 0. The summed E-state index contributed by atoms with van der Waals surface area (Å²) in [5.41, 5.74) is 2.65. The van der Waals surface area contributed by atoms with Crippen molar-refractivity contribution < 1.29 is 9.90 Å². The van der Waals surface area contributed by atoms with Crippen LogP contribution in [0.3, 0.4) is 0 Å². The third-order valence-corrected chi connectivity index (χ3v) is 5.35. The average Bonchev–Trinajstić information content (AvgIpc) is 2.58. The Hall–Kier alpha value is -1.39. The quantitative estimate of drug-likeness (QED) is 0.810. The van der Waals surface area contributed by atoms with Crippen molar-refractivity contribution in [1.29, 1.82) is 0 Å². The molecule has 1 aromatic carbocycles. The van der Waals surface area contributed by atoms with Gasteiger partial charge in [-0.15, -0.1) is 0 Å². The molecule has 23 heavy (non-hydrogen) atoms. The Morgan fingerprint density at radius 3 is 2.61 bits per heavy atom. The molecule has 4 nitrogen and oxygen atoms in total. The summed E-state index contributed by atoms with van der Waals surface area (Å²) in [6, 6.07) is 8.30. The van der Waals surface area contributed by atoms with Crippen LogP contribution in [0.1, 0.15) is 37.3 Å². The number of aryl methyl sites for hydroxylation is 1. The number of rotatable bonds is 7. The molecule has 128 valence electrons. The van der Waals surface area contributed by atoms with Crippen LogP contribution in [0.25, 0.3) is 0 Å². The monoisotopic (exact) mass is 318 g/mol. The van der Waals surface area contributed by atoms with Gasteiger partial charge in [0.25, 0.3) is 0 Å². The second kappa shape index (κ2) is 8.46. The molecule has 0 spiro atoms. The number of carbonyl (C=O) groups excluding carboxylic acids is 1. The molecular formula is C19H30N2O2. The van der Waals surface area contributed by atoms with Crippen LogP contribution >= 0.6 is 0 Å². The first-order valence-corrected chi connectivity index (χ1v) is 8.73. The minimum Gasteiger partial charge on any atom is -0.396 e. The Labute approximate surface area is 139 Å². The molecule has 4 heteroatoms. The number of aliphatic hydroxyl groups excluding tert-OH is 1. The van der Waals surface area contributed by atoms with Crippen LogP contribution < -0.4 is 5.32 Å². The molecule has 0 aromatic heterocycles. The molecule has 0 radical (unpaired) electrons. The Morgan fingerprint density at radius 1 is 1.30 bits per heavy atom. The van der Waals surface area contributed by atoms with Gasteiger partial charge in [0.2, 0.25) is 5.91 Å². The summed E-state index contributed by atoms with van der Waals surface area (Å²) in [4.78, 5) is 14.3. The molecule has 0 saturated carbocycles. The zero-order chi connectivity index (χ0) is 16.7. The second-order valence-corrected chi connectivity index (χ2v) is 6.81. The first-order valence-electron chi connectivity index (χ1n) is 8.73. The zero-order valence-corrected chi connectivity index (χ0v) is 14.5. The number of carbonyl (C=O) groups is 1. The van der Waals surface area contributed by atoms with E-state index in [0.29, 0.717) is 13.1 Å². The van der Waals surface area contributed by atoms with Crippen molar-refractivity contribution in [1.82, 2.24) is 10.2 Å². The summed E-state index contributed by atoms with van der Waals surface area (Å²) in [5, 5.41) is 12.6. The summed E-state index contributed by atoms with van der Waals surface area (Å²) in [5.74, 6) is 0.103. The van der Waals surface area contributed by atoms with Gasteiger partial charge in [0.05, 0.1) is 6.54 Å². The van der Waals surface area contributed by atoms with E-state index in [-0.39, 0.29) is 17.9 Å². The van der Waals surface area contributed by atoms with E-state index >= 15 is 0 Å². The highest BCUT2D eigenvalue weighted by atomic mass is 16.3. The van der Waals surface area contributed by atoms with Crippen LogP contribution in [-0.4, -0.2) is 48.7 Å². The van der Waals surface area contributed by atoms with Gasteiger partial charge < -0.3 is 10.4 Å². The average molecular weight is 318 g/mol. The molecule has 1 fully saturated rings. The van der Waals surface area contributed by atoms with Gasteiger partial charge in [0, 0.05) is 13.2 Å². The van der Waals surface area contributed by atoms with Crippen LogP contribution in [-0.2, 0) is 11.2 Å². The smallest absolute Gasteiger partial charge is 0.234 e. The van der Waals surface area contributed by atoms with Gasteiger partial charge in [-0.3, -0.25) is 9.69 Å². The van der Waals surface area contributed by atoms with Gasteiger partial charge in [0.1, 0.15) is 0 Å². The predicted molar refractivity (Wildman–Crippen MR) is 93.4 cm³/mol. The Bertz CT molecular complexity index is 502. The summed E-state index contributed by atoms with van der Waals surface area (Å²) in [7, 11) is 0. The lowest BCUT2D eigenvalue weighted by molar-refractivity contribution is -0.122. The maximum Gasteiger partial charge on any atom is 0.234 e. The standard InChI is InChI=1S/C19H30N2O2/c1-3-19(15-22)9-12-21(13-10-19)14-18(23)20-11-8-17-7-5-4-6-16(17)2/h4-7,22H,3,8-15H2,1-2H3,(H,20,23). The van der Waals surface area contributed by atoms with Crippen molar-refractivity contribution in [2.75, 3.05) is 32.8 Å². The number of likely N-dealkylation sites (tertiary alicyclic amines) is 1. The lowest BCUT2D eigenvalue weighted by Gasteiger charge is -2.39. The number of aliphatic hydroxyl groups is 1. The fourth-order valence-corrected chi connectivity index (χ4v) is 3.30. The van der Waals surface area contributed by atoms with E-state index in [1.165, 1.54) is 11.1 Å². The summed E-state index contributed by atoms with van der Waals surface area (Å²) in [6.07, 6.45) is 3.86. The number of benzene rings is 1. The molecule has 0 aliphatic carbocycles. The van der Waals surface area contributed by atoms with Gasteiger partial charge >= 0.3 is 0 Å². The van der Waals surface area contributed by atoms with Gasteiger partial charge in [-0.05, 0) is 62.2 Å². The highest BCUT2D eigenvalue weighted by molar-refractivity contribution is 5.78. The number of hydrogen-bond acceptors (Lipinski definition) is 3. The normalized spacial score (nSPS) is 17.9. The van der Waals surface area contributed by atoms with Crippen molar-refractivity contribution in [2.45, 2.75) is 39.5 Å². The van der Waals surface area contributed by atoms with Gasteiger partial charge in [-0.25, -0.2) is 0 Å². The number of nitrogens with one attached hydrogen (secondary N) is 1. The largest absolute Gasteiger partial charge is 0.396 e. The van der Waals surface area contributed by atoms with Gasteiger partial charge in [0.15, 0.2) is 0 Å². The Morgan fingerprint density at radius 2 is 2.00 bits per heavy atom. The fraction of sp³-hybridized carbons (Fsp3) is 0.632. The van der Waals surface area contributed by atoms with E-state index in [1.807, 2.05) is 12.1 Å². The maximum atomic E-state index is 12.1. The van der Waals surface area contributed by atoms with Crippen molar-refractivity contribution in [3.05, 3.63) is 35.4 Å². The van der Waals surface area contributed by atoms with Crippen LogP contribution in [0, 0.1) is 12.3 Å². The number of amides is 1. The topological polar surface area (TPSA) is 52.6 Å². The van der Waals surface area contributed by atoms with Crippen molar-refractivity contribution in [3.8, 4) is 0 Å². The van der Waals surface area contributed by atoms with Gasteiger partial charge in [-0.2, -0.15) is 0 Å². The Kier molecular flexibility index (Phi) is 6.60. The first-order chi connectivity index (χ1) is 11.1. The molecule has 1 aliphatic heterocycles. The molecule has 1 aliphatic rings. The minimum atomic E-state index is 0.0812. The van der Waals surface area contributed by atoms with E-state index in [2.05, 4.69) is 36.2 Å². The van der Waals surface area contributed by atoms with E-state index in [1.54, 1.807) is 0 Å². The predicted octanol–water partition coefficient (Wildman–Crippen LogP) is 2.14. The third kappa shape index (κ3) is 5.05. The summed E-state index contributed by atoms with van der Waals surface area (Å²) in [6.45, 7) is 7.47. The molecule has 1 heterocycles. The van der Waals surface area contributed by atoms with E-state index in [0.717, 1.165) is 38.8 Å². The molecule has 2 N–H and O–H groups in total. The Balaban J connectivity index is 1.69. The molecular weight excluding hydrogens is 288 g/mol. The number of hydrogen-bond donors (Lipinski definition) is 2. The second-order valence-electron chi connectivity index (χ2n) is 6.81. The maximum absolute atomic E-state index is 12.1. The summed E-state index contributed by atoms with van der Waals surface area (Å²) >= 11 is 0. The zero-order valence-electron chi connectivity index (χ0n) is 14.5. The number of nitrogens with zero attached hydrogens (tertiary/aromatic N) is 1. The molecule has 0 atom stereocenters. The number of piperidine rings is 1. The highest BCUT2D eigenvalue weighted by Gasteiger charge is 2.32. The van der Waals surface area contributed by atoms with Crippen molar-refractivity contribution >= 4 is 5.91 Å². The minimum absolute atomic E-state index is 0.0812. The third-order valence-electron chi connectivity index (χ3n) is 5.35. The van der Waals surface area contributed by atoms with E-state index in [9.17, 15) is 9.90 Å². The van der Waals surface area contributed by atoms with E-state index < -0.39 is 0 Å². The fourth-order valence-electron chi connectivity index (χ4n) is 3.30. The van der Waals surface area contributed by atoms with Crippen LogP contribution in [0.4, 0.5) is 0 Å². The van der Waals surface area contributed by atoms with Crippen LogP contribution in [0.15, 0.2) is 24.3 Å². The van der Waals surface area contributed by atoms with Crippen molar-refractivity contribution in [2.24, 2.45) is 5.41 Å². The van der Waals surface area contributed by atoms with Crippen molar-refractivity contribution in [3.63, 3.8) is 0 Å². The lowest BCUT2D eigenvalue weighted by Crippen LogP contribution is -2.46. The molecule has 1 aromatic rings. The molecule has 2 rings (SSSR count). The van der Waals surface area contributed by atoms with Crippen LogP contribution in [0.5, 0.6) is 0 Å². The van der Waals surface area contributed by atoms with Crippen LogP contribution in [0.2, 0.25) is 0 Å². The SMILES string of the molecule is CCC1(CO)CCN(CC(=O)NCCc2ccccc2C)CC1. The lowest BCUT2D eigenvalue weighted by atomic mass is 9.77. The molecule has 1 saturated heterocycles. The first kappa shape index (κ1) is 18.0. The van der Waals surface area contributed by atoms with E-state index in [4.69, 9.17) is 0 Å². The molecule has 1 amide bonds. The highest BCUT2D eigenvalue weighted by Crippen LogP contribution is 2.33. The molecule has 0 unspecified atom stereocenters. The molecule has 0 bridgehead atoms. The van der Waals surface area contributed by atoms with Gasteiger partial charge in [-0.1, -0.05) is 31.2 Å².